The van der Waals surface area contributed by atoms with Gasteiger partial charge in [0.05, 0.1) is 0 Å². The fraction of sp³-hybridized carbons (Fsp3) is 0.692. The third-order valence-electron chi connectivity index (χ3n) is 7.41. The molecule has 0 saturated heterocycles. The molecule has 3 rings (SSSR count). The molecule has 2 aliphatic carbocycles. The smallest absolute Gasteiger partial charge is 0.308 e. The number of rotatable bonds is 5. The standard InChI is InChI=1S/C26H38O4/c1-8-12-26-14-9-13-25(6,7)21(26)11-10-19-15-20(16(2)3)23(29-17(4)27)24(22(19)26)30-18(5)28/h15-16,21H,8-14H2,1-7H3/t21-,26-/m0/s1. The summed E-state index contributed by atoms with van der Waals surface area (Å²) in [6, 6.07) is 2.22. The maximum Gasteiger partial charge on any atom is 0.308 e. The minimum atomic E-state index is -0.383. The Morgan fingerprint density at radius 2 is 1.73 bits per heavy atom. The quantitative estimate of drug-likeness (QED) is 0.409. The number of carbonyl (C=O) groups is 2. The van der Waals surface area contributed by atoms with E-state index in [2.05, 4.69) is 40.7 Å². The third-order valence-corrected chi connectivity index (χ3v) is 7.41. The van der Waals surface area contributed by atoms with Gasteiger partial charge in [-0.25, -0.2) is 0 Å². The summed E-state index contributed by atoms with van der Waals surface area (Å²) < 4.78 is 11.7. The zero-order valence-corrected chi connectivity index (χ0v) is 19.8. The van der Waals surface area contributed by atoms with E-state index in [1.807, 2.05) is 0 Å². The van der Waals surface area contributed by atoms with Crippen LogP contribution in [-0.4, -0.2) is 11.9 Å². The molecule has 166 valence electrons. The summed E-state index contributed by atoms with van der Waals surface area (Å²) in [5, 5.41) is 0. The van der Waals surface area contributed by atoms with Gasteiger partial charge < -0.3 is 9.47 Å². The van der Waals surface area contributed by atoms with Crippen LogP contribution in [0.2, 0.25) is 0 Å². The molecule has 4 heteroatoms. The largest absolute Gasteiger partial charge is 0.422 e. The van der Waals surface area contributed by atoms with E-state index in [1.165, 1.54) is 25.8 Å². The average molecular weight is 415 g/mol. The number of ether oxygens (including phenoxy) is 2. The molecule has 1 aromatic rings. The van der Waals surface area contributed by atoms with Crippen molar-refractivity contribution in [3.63, 3.8) is 0 Å². The highest BCUT2D eigenvalue weighted by atomic mass is 16.6. The van der Waals surface area contributed by atoms with Crippen LogP contribution >= 0.6 is 0 Å². The normalized spacial score (nSPS) is 24.7. The molecule has 0 heterocycles. The number of fused-ring (bicyclic) bond motifs is 3. The molecule has 0 aliphatic heterocycles. The van der Waals surface area contributed by atoms with Crippen LogP contribution < -0.4 is 9.47 Å². The first-order valence-electron chi connectivity index (χ1n) is 11.6. The van der Waals surface area contributed by atoms with Crippen molar-refractivity contribution < 1.29 is 19.1 Å². The van der Waals surface area contributed by atoms with Crippen LogP contribution in [0.3, 0.4) is 0 Å². The Kier molecular flexibility index (Phi) is 6.36. The molecule has 4 nitrogen and oxygen atoms in total. The summed E-state index contributed by atoms with van der Waals surface area (Å²) in [5.74, 6) is 0.888. The summed E-state index contributed by atoms with van der Waals surface area (Å²) in [4.78, 5) is 24.2. The van der Waals surface area contributed by atoms with E-state index in [-0.39, 0.29) is 28.7 Å². The summed E-state index contributed by atoms with van der Waals surface area (Å²) >= 11 is 0. The lowest BCUT2D eigenvalue weighted by Crippen LogP contribution is -2.50. The topological polar surface area (TPSA) is 52.6 Å². The van der Waals surface area contributed by atoms with Crippen molar-refractivity contribution in [3.8, 4) is 11.5 Å². The predicted molar refractivity (Wildman–Crippen MR) is 119 cm³/mol. The number of benzene rings is 1. The van der Waals surface area contributed by atoms with E-state index in [9.17, 15) is 9.59 Å². The molecule has 30 heavy (non-hydrogen) atoms. The summed E-state index contributed by atoms with van der Waals surface area (Å²) in [6.45, 7) is 14.1. The van der Waals surface area contributed by atoms with Crippen molar-refractivity contribution >= 4 is 11.9 Å². The maximum atomic E-state index is 12.2. The van der Waals surface area contributed by atoms with Crippen molar-refractivity contribution in [1.82, 2.24) is 0 Å². The fourth-order valence-corrected chi connectivity index (χ4v) is 6.47. The van der Waals surface area contributed by atoms with Crippen LogP contribution in [0.4, 0.5) is 0 Å². The van der Waals surface area contributed by atoms with Gasteiger partial charge in [0.15, 0.2) is 11.5 Å². The molecule has 0 bridgehead atoms. The van der Waals surface area contributed by atoms with Crippen molar-refractivity contribution in [1.29, 1.82) is 0 Å². The Labute approximate surface area is 181 Å². The molecule has 1 saturated carbocycles. The van der Waals surface area contributed by atoms with Gasteiger partial charge in [-0.3, -0.25) is 9.59 Å². The lowest BCUT2D eigenvalue weighted by Gasteiger charge is -2.56. The van der Waals surface area contributed by atoms with Crippen molar-refractivity contribution in [2.24, 2.45) is 11.3 Å². The van der Waals surface area contributed by atoms with E-state index < -0.39 is 0 Å². The van der Waals surface area contributed by atoms with Gasteiger partial charge in [0.2, 0.25) is 0 Å². The first-order chi connectivity index (χ1) is 14.0. The van der Waals surface area contributed by atoms with E-state index in [4.69, 9.17) is 9.47 Å². The average Bonchev–Trinajstić information content (AvgIpc) is 2.61. The lowest BCUT2D eigenvalue weighted by molar-refractivity contribution is -0.134. The summed E-state index contributed by atoms with van der Waals surface area (Å²) in [5.41, 5.74) is 3.55. The number of hydrogen-bond acceptors (Lipinski definition) is 4. The second kappa shape index (κ2) is 8.36. The molecule has 2 aliphatic rings. The van der Waals surface area contributed by atoms with Crippen LogP contribution in [-0.2, 0) is 21.4 Å². The van der Waals surface area contributed by atoms with Gasteiger partial charge in [-0.05, 0) is 54.9 Å². The highest BCUT2D eigenvalue weighted by molar-refractivity contribution is 5.77. The number of hydrogen-bond donors (Lipinski definition) is 0. The van der Waals surface area contributed by atoms with Gasteiger partial charge in [0.1, 0.15) is 0 Å². The molecule has 1 fully saturated rings. The van der Waals surface area contributed by atoms with Crippen LogP contribution in [0.15, 0.2) is 6.07 Å². The van der Waals surface area contributed by atoms with Crippen LogP contribution in [0.5, 0.6) is 11.5 Å². The monoisotopic (exact) mass is 414 g/mol. The van der Waals surface area contributed by atoms with E-state index in [1.54, 1.807) is 0 Å². The lowest BCUT2D eigenvalue weighted by atomic mass is 9.48. The zero-order valence-electron chi connectivity index (χ0n) is 19.8. The van der Waals surface area contributed by atoms with Gasteiger partial charge in [-0.15, -0.1) is 0 Å². The Morgan fingerprint density at radius 3 is 2.30 bits per heavy atom. The molecule has 0 radical (unpaired) electrons. The van der Waals surface area contributed by atoms with Crippen LogP contribution in [0.25, 0.3) is 0 Å². The Hall–Kier alpha value is -1.84. The molecule has 0 unspecified atom stereocenters. The Balaban J connectivity index is 2.37. The Bertz CT molecular complexity index is 832. The third kappa shape index (κ3) is 3.90. The second-order valence-electron chi connectivity index (χ2n) is 10.3. The number of aryl methyl sites for hydroxylation is 1. The van der Waals surface area contributed by atoms with E-state index in [0.29, 0.717) is 17.4 Å². The molecule has 0 amide bonds. The minimum Gasteiger partial charge on any atom is -0.422 e. The van der Waals surface area contributed by atoms with Crippen LogP contribution in [0, 0.1) is 11.3 Å². The van der Waals surface area contributed by atoms with E-state index in [0.717, 1.165) is 49.7 Å². The fourth-order valence-electron chi connectivity index (χ4n) is 6.47. The summed E-state index contributed by atoms with van der Waals surface area (Å²) in [6.07, 6.45) is 7.74. The van der Waals surface area contributed by atoms with Gasteiger partial charge in [-0.1, -0.05) is 53.5 Å². The van der Waals surface area contributed by atoms with Gasteiger partial charge >= 0.3 is 11.9 Å². The molecular weight excluding hydrogens is 376 g/mol. The number of esters is 2. The van der Waals surface area contributed by atoms with Crippen LogP contribution in [0.1, 0.15) is 110 Å². The predicted octanol–water partition coefficient (Wildman–Crippen LogP) is 6.47. The highest BCUT2D eigenvalue weighted by Crippen LogP contribution is 2.62. The van der Waals surface area contributed by atoms with Gasteiger partial charge in [-0.2, -0.15) is 0 Å². The van der Waals surface area contributed by atoms with Crippen molar-refractivity contribution in [2.45, 2.75) is 105 Å². The maximum absolute atomic E-state index is 12.2. The van der Waals surface area contributed by atoms with Gasteiger partial charge in [0, 0.05) is 30.4 Å². The van der Waals surface area contributed by atoms with E-state index >= 15 is 0 Å². The molecule has 2 atom stereocenters. The first-order valence-corrected chi connectivity index (χ1v) is 11.6. The zero-order chi connectivity index (χ0) is 22.3. The second-order valence-corrected chi connectivity index (χ2v) is 10.3. The minimum absolute atomic E-state index is 0.0424. The summed E-state index contributed by atoms with van der Waals surface area (Å²) in [7, 11) is 0. The number of carbonyl (C=O) groups excluding carboxylic acids is 2. The van der Waals surface area contributed by atoms with Gasteiger partial charge in [0.25, 0.3) is 0 Å². The first kappa shape index (κ1) is 22.8. The molecule has 1 aromatic carbocycles. The molecule has 0 spiro atoms. The highest BCUT2D eigenvalue weighted by Gasteiger charge is 2.54. The molecule has 0 N–H and O–H groups in total. The molecule has 0 aromatic heterocycles. The Morgan fingerprint density at radius 1 is 1.10 bits per heavy atom. The van der Waals surface area contributed by atoms with Crippen molar-refractivity contribution in [2.75, 3.05) is 0 Å². The molecular formula is C26H38O4. The SMILES string of the molecule is CCC[C@]12CCCC(C)(C)[C@@H]1CCc1cc(C(C)C)c(OC(C)=O)c(OC(C)=O)c12. The van der Waals surface area contributed by atoms with Crippen molar-refractivity contribution in [3.05, 3.63) is 22.8 Å².